The first-order valence-electron chi connectivity index (χ1n) is 1.86. The summed E-state index contributed by atoms with van der Waals surface area (Å²) in [5.74, 6) is 0. The number of aromatic nitrogens is 2. The van der Waals surface area contributed by atoms with Crippen molar-refractivity contribution in [2.75, 3.05) is 0 Å². The summed E-state index contributed by atoms with van der Waals surface area (Å²) in [5, 5.41) is 0. The quantitative estimate of drug-likeness (QED) is 0.517. The van der Waals surface area contributed by atoms with E-state index in [1.165, 1.54) is 10.9 Å². The summed E-state index contributed by atoms with van der Waals surface area (Å²) in [5.41, 5.74) is 0. The van der Waals surface area contributed by atoms with Crippen molar-refractivity contribution in [2.24, 2.45) is 0 Å². The summed E-state index contributed by atoms with van der Waals surface area (Å²) in [6, 6.07) is 0. The van der Waals surface area contributed by atoms with E-state index in [0.717, 1.165) is 0 Å². The van der Waals surface area contributed by atoms with Gasteiger partial charge in [-0.15, -0.1) is 12.4 Å². The van der Waals surface area contributed by atoms with Crippen molar-refractivity contribution in [3.05, 3.63) is 18.7 Å². The third-order valence-electron chi connectivity index (χ3n) is 0.647. The van der Waals surface area contributed by atoms with E-state index in [4.69, 9.17) is 0 Å². The number of hydrogen-bond donors (Lipinski definition) is 0. The molecule has 1 heterocycles. The fraction of sp³-hybridized carbons (Fsp3) is 0. The molecule has 0 unspecified atom stereocenters. The molecule has 0 aliphatic rings. The van der Waals surface area contributed by atoms with E-state index < -0.39 is 0 Å². The van der Waals surface area contributed by atoms with Gasteiger partial charge in [0.1, 0.15) is 6.33 Å². The van der Waals surface area contributed by atoms with Crippen LogP contribution in [0.1, 0.15) is 0 Å². The number of nitrogens with zero attached hydrogens (tertiary/aromatic N) is 2. The molecule has 0 aliphatic carbocycles. The van der Waals surface area contributed by atoms with Crippen LogP contribution in [0, 0.1) is 0 Å². The standard InChI is InChI=1S/C4H4N2O.ClH/c7-4-6-2-1-5-3-6;/h1-4H;1H. The lowest BCUT2D eigenvalue weighted by atomic mass is 10.9. The maximum atomic E-state index is 9.79. The van der Waals surface area contributed by atoms with Gasteiger partial charge < -0.3 is 0 Å². The molecule has 1 rings (SSSR count). The van der Waals surface area contributed by atoms with Gasteiger partial charge in [-0.25, -0.2) is 4.98 Å². The normalized spacial score (nSPS) is 7.50. The van der Waals surface area contributed by atoms with Gasteiger partial charge in [-0.2, -0.15) is 0 Å². The summed E-state index contributed by atoms with van der Waals surface area (Å²) in [6.45, 7) is 0. The van der Waals surface area contributed by atoms with Gasteiger partial charge >= 0.3 is 0 Å². The number of carbonyl (C=O) groups excluding carboxylic acids is 1. The van der Waals surface area contributed by atoms with Gasteiger partial charge in [0.25, 0.3) is 0 Å². The van der Waals surface area contributed by atoms with Crippen molar-refractivity contribution < 1.29 is 4.79 Å². The first kappa shape index (κ1) is 7.17. The molecule has 0 N–H and O–H groups in total. The van der Waals surface area contributed by atoms with E-state index >= 15 is 0 Å². The Bertz CT molecular complexity index is 149. The first-order valence-corrected chi connectivity index (χ1v) is 1.86. The molecule has 1 aromatic rings. The van der Waals surface area contributed by atoms with Crippen LogP contribution in [0.15, 0.2) is 18.7 Å². The summed E-state index contributed by atoms with van der Waals surface area (Å²) in [4.78, 5) is 13.4. The lowest BCUT2D eigenvalue weighted by molar-refractivity contribution is 0.547. The summed E-state index contributed by atoms with van der Waals surface area (Å²) < 4.78 is 1.33. The van der Waals surface area contributed by atoms with Gasteiger partial charge in [0.05, 0.1) is 0 Å². The second kappa shape index (κ2) is 3.21. The SMILES string of the molecule is Cl.O=Cn1ccnc1. The van der Waals surface area contributed by atoms with Crippen LogP contribution in [0.5, 0.6) is 0 Å². The Morgan fingerprint density at radius 1 is 1.62 bits per heavy atom. The van der Waals surface area contributed by atoms with Crippen molar-refractivity contribution in [1.82, 2.24) is 9.55 Å². The number of imidazole rings is 1. The van der Waals surface area contributed by atoms with E-state index in [0.29, 0.717) is 6.41 Å². The van der Waals surface area contributed by atoms with Gasteiger partial charge in [-0.1, -0.05) is 0 Å². The van der Waals surface area contributed by atoms with Crippen LogP contribution in [-0.2, 0) is 4.79 Å². The minimum Gasteiger partial charge on any atom is -0.279 e. The van der Waals surface area contributed by atoms with Gasteiger partial charge in [-0.05, 0) is 0 Å². The Labute approximate surface area is 52.7 Å². The van der Waals surface area contributed by atoms with E-state index in [2.05, 4.69) is 4.98 Å². The number of carbonyl (C=O) groups is 1. The fourth-order valence-electron chi connectivity index (χ4n) is 0.332. The molecule has 0 fully saturated rings. The van der Waals surface area contributed by atoms with Crippen LogP contribution in [0.3, 0.4) is 0 Å². The highest BCUT2D eigenvalue weighted by Crippen LogP contribution is 1.74. The minimum atomic E-state index is 0. The van der Waals surface area contributed by atoms with Crippen LogP contribution in [-0.4, -0.2) is 16.0 Å². The summed E-state index contributed by atoms with van der Waals surface area (Å²) >= 11 is 0. The highest BCUT2D eigenvalue weighted by atomic mass is 35.5. The van der Waals surface area contributed by atoms with Gasteiger partial charge in [-0.3, -0.25) is 9.36 Å². The largest absolute Gasteiger partial charge is 0.279 e. The first-order chi connectivity index (χ1) is 3.43. The molecule has 0 saturated heterocycles. The van der Waals surface area contributed by atoms with Crippen LogP contribution in [0.4, 0.5) is 0 Å². The zero-order chi connectivity index (χ0) is 5.11. The molecular formula is C4H5ClN2O. The van der Waals surface area contributed by atoms with E-state index in [1.54, 1.807) is 12.4 Å². The molecule has 0 atom stereocenters. The summed E-state index contributed by atoms with van der Waals surface area (Å²) in [7, 11) is 0. The predicted molar refractivity (Wildman–Crippen MR) is 31.6 cm³/mol. The summed E-state index contributed by atoms with van der Waals surface area (Å²) in [6.07, 6.45) is 5.25. The van der Waals surface area contributed by atoms with Gasteiger partial charge in [0, 0.05) is 12.4 Å². The van der Waals surface area contributed by atoms with Crippen molar-refractivity contribution in [2.45, 2.75) is 0 Å². The Morgan fingerprint density at radius 2 is 2.38 bits per heavy atom. The van der Waals surface area contributed by atoms with Crippen LogP contribution in [0.2, 0.25) is 0 Å². The molecule has 0 bridgehead atoms. The zero-order valence-electron chi connectivity index (χ0n) is 4.02. The molecule has 44 valence electrons. The number of hydrogen-bond acceptors (Lipinski definition) is 2. The van der Waals surface area contributed by atoms with E-state index in [1.807, 2.05) is 0 Å². The molecule has 0 saturated carbocycles. The highest BCUT2D eigenvalue weighted by molar-refractivity contribution is 5.85. The number of halogens is 1. The highest BCUT2D eigenvalue weighted by Gasteiger charge is 1.76. The second-order valence-electron chi connectivity index (χ2n) is 1.12. The second-order valence-corrected chi connectivity index (χ2v) is 1.12. The van der Waals surface area contributed by atoms with Crippen molar-refractivity contribution in [3.8, 4) is 0 Å². The Balaban J connectivity index is 0.000000490. The van der Waals surface area contributed by atoms with E-state index in [-0.39, 0.29) is 12.4 Å². The molecule has 4 heteroatoms. The molecule has 0 aliphatic heterocycles. The monoisotopic (exact) mass is 132 g/mol. The Hall–Kier alpha value is -0.830. The third-order valence-corrected chi connectivity index (χ3v) is 0.647. The lowest BCUT2D eigenvalue weighted by Crippen LogP contribution is -1.86. The Morgan fingerprint density at radius 3 is 2.62 bits per heavy atom. The zero-order valence-corrected chi connectivity index (χ0v) is 4.84. The molecule has 0 amide bonds. The van der Waals surface area contributed by atoms with Crippen molar-refractivity contribution in [3.63, 3.8) is 0 Å². The minimum absolute atomic E-state index is 0. The maximum absolute atomic E-state index is 9.79. The van der Waals surface area contributed by atoms with Crippen molar-refractivity contribution in [1.29, 1.82) is 0 Å². The lowest BCUT2D eigenvalue weighted by Gasteiger charge is -1.75. The smallest absolute Gasteiger partial charge is 0.218 e. The van der Waals surface area contributed by atoms with E-state index in [9.17, 15) is 4.79 Å². The van der Waals surface area contributed by atoms with Crippen LogP contribution in [0.25, 0.3) is 0 Å². The fourth-order valence-corrected chi connectivity index (χ4v) is 0.332. The molecule has 3 nitrogen and oxygen atoms in total. The predicted octanol–water partition coefficient (Wildman–Crippen LogP) is 0.343. The number of rotatable bonds is 1. The molecule has 0 radical (unpaired) electrons. The maximum Gasteiger partial charge on any atom is 0.218 e. The Kier molecular flexibility index (Phi) is 2.88. The molecular weight excluding hydrogens is 128 g/mol. The van der Waals surface area contributed by atoms with Crippen LogP contribution >= 0.6 is 12.4 Å². The average Bonchev–Trinajstić information content (AvgIpc) is 2.14. The van der Waals surface area contributed by atoms with Crippen LogP contribution < -0.4 is 0 Å². The topological polar surface area (TPSA) is 34.9 Å². The average molecular weight is 133 g/mol. The molecule has 1 aromatic heterocycles. The third kappa shape index (κ3) is 1.35. The van der Waals surface area contributed by atoms with Gasteiger partial charge in [0.15, 0.2) is 0 Å². The van der Waals surface area contributed by atoms with Gasteiger partial charge in [0.2, 0.25) is 6.41 Å². The molecule has 0 spiro atoms. The molecule has 0 aromatic carbocycles. The molecule has 8 heavy (non-hydrogen) atoms. The van der Waals surface area contributed by atoms with Crippen molar-refractivity contribution >= 4 is 18.8 Å².